The minimum absolute atomic E-state index is 0.165. The summed E-state index contributed by atoms with van der Waals surface area (Å²) in [6, 6.07) is 15.0. The number of nitrogens with one attached hydrogen (secondary N) is 1. The Morgan fingerprint density at radius 3 is 2.79 bits per heavy atom. The second-order valence-corrected chi connectivity index (χ2v) is 8.23. The van der Waals surface area contributed by atoms with E-state index in [1.54, 1.807) is 29.5 Å². The van der Waals surface area contributed by atoms with Gasteiger partial charge in [0.05, 0.1) is 4.70 Å². The maximum Gasteiger partial charge on any atom is 0.348 e. The van der Waals surface area contributed by atoms with Crippen molar-refractivity contribution in [1.82, 2.24) is 0 Å². The van der Waals surface area contributed by atoms with Gasteiger partial charge in [-0.1, -0.05) is 18.2 Å². The van der Waals surface area contributed by atoms with Gasteiger partial charge >= 0.3 is 5.97 Å². The van der Waals surface area contributed by atoms with Crippen LogP contribution in [0.25, 0.3) is 19.5 Å². The Hall–Kier alpha value is -3.10. The molecule has 0 unspecified atom stereocenters. The molecular weight excluding hydrogens is 398 g/mol. The van der Waals surface area contributed by atoms with Gasteiger partial charge in [0, 0.05) is 26.5 Å². The Bertz CT molecular complexity index is 1230. The number of esters is 1. The number of benzene rings is 2. The lowest BCUT2D eigenvalue weighted by molar-refractivity contribution is -0.119. The van der Waals surface area contributed by atoms with Crippen LogP contribution in [0.4, 0.5) is 5.69 Å². The van der Waals surface area contributed by atoms with Crippen molar-refractivity contribution in [2.75, 3.05) is 18.7 Å². The number of ether oxygens (including phenoxy) is 3. The van der Waals surface area contributed by atoms with E-state index in [9.17, 15) is 9.59 Å². The standard InChI is InChI=1S/C20H13NO5S2/c22-18(21-11-5-6-13-14(7-11)26-10-25-13)9-24-20(23)17-8-16-19(28-17)12-3-1-2-4-15(12)27-16/h1-8H,9-10H2,(H,21,22). The predicted octanol–water partition coefficient (Wildman–Crippen LogP) is 4.64. The number of fused-ring (bicyclic) bond motifs is 4. The van der Waals surface area contributed by atoms with Gasteiger partial charge < -0.3 is 19.5 Å². The first-order valence-corrected chi connectivity index (χ1v) is 10.1. The molecule has 8 heteroatoms. The highest BCUT2D eigenvalue weighted by Crippen LogP contribution is 2.39. The molecule has 0 fully saturated rings. The van der Waals surface area contributed by atoms with E-state index in [2.05, 4.69) is 11.4 Å². The van der Waals surface area contributed by atoms with Crippen molar-refractivity contribution < 1.29 is 23.8 Å². The van der Waals surface area contributed by atoms with Crippen LogP contribution < -0.4 is 14.8 Å². The third-order valence-corrected chi connectivity index (χ3v) is 6.64. The zero-order valence-corrected chi connectivity index (χ0v) is 16.0. The van der Waals surface area contributed by atoms with Gasteiger partial charge in [-0.2, -0.15) is 0 Å². The molecule has 0 aliphatic carbocycles. The molecule has 0 atom stereocenters. The van der Waals surface area contributed by atoms with Gasteiger partial charge in [-0.05, 0) is 24.3 Å². The van der Waals surface area contributed by atoms with Gasteiger partial charge in [0.15, 0.2) is 18.1 Å². The summed E-state index contributed by atoms with van der Waals surface area (Å²) in [4.78, 5) is 24.9. The molecule has 0 radical (unpaired) electrons. The van der Waals surface area contributed by atoms with Gasteiger partial charge in [0.2, 0.25) is 6.79 Å². The molecule has 1 aliphatic rings. The van der Waals surface area contributed by atoms with Crippen LogP contribution in [0, 0.1) is 0 Å². The largest absolute Gasteiger partial charge is 0.454 e. The third kappa shape index (κ3) is 3.06. The number of carbonyl (C=O) groups is 2. The summed E-state index contributed by atoms with van der Waals surface area (Å²) in [5, 5.41) is 3.81. The van der Waals surface area contributed by atoms with Crippen LogP contribution in [0.1, 0.15) is 9.67 Å². The molecule has 1 aliphatic heterocycles. The zero-order chi connectivity index (χ0) is 19.1. The van der Waals surface area contributed by atoms with E-state index in [4.69, 9.17) is 14.2 Å². The summed E-state index contributed by atoms with van der Waals surface area (Å²) < 4.78 is 19.0. The van der Waals surface area contributed by atoms with Crippen molar-refractivity contribution in [1.29, 1.82) is 0 Å². The van der Waals surface area contributed by atoms with Crippen molar-refractivity contribution >= 4 is 59.7 Å². The molecule has 6 nitrogen and oxygen atoms in total. The predicted molar refractivity (Wildman–Crippen MR) is 109 cm³/mol. The van der Waals surface area contributed by atoms with Crippen LogP contribution >= 0.6 is 22.7 Å². The Balaban J connectivity index is 1.24. The number of hydrogen-bond acceptors (Lipinski definition) is 7. The maximum atomic E-state index is 12.3. The molecule has 0 spiro atoms. The molecule has 3 heterocycles. The van der Waals surface area contributed by atoms with Crippen LogP contribution in [0.15, 0.2) is 48.5 Å². The summed E-state index contributed by atoms with van der Waals surface area (Å²) in [7, 11) is 0. The molecule has 28 heavy (non-hydrogen) atoms. The monoisotopic (exact) mass is 411 g/mol. The molecule has 1 amide bonds. The summed E-state index contributed by atoms with van der Waals surface area (Å²) in [6.07, 6.45) is 0. The Morgan fingerprint density at radius 1 is 1.00 bits per heavy atom. The molecule has 2 aromatic carbocycles. The second-order valence-electron chi connectivity index (χ2n) is 6.09. The number of anilines is 1. The van der Waals surface area contributed by atoms with Crippen molar-refractivity contribution in [3.05, 3.63) is 53.4 Å². The second kappa shape index (κ2) is 6.81. The average Bonchev–Trinajstić information content (AvgIpc) is 3.39. The fourth-order valence-corrected chi connectivity index (χ4v) is 5.39. The third-order valence-electron chi connectivity index (χ3n) is 4.24. The Labute approximate surface area is 167 Å². The summed E-state index contributed by atoms with van der Waals surface area (Å²) in [5.74, 6) is 0.282. The fourth-order valence-electron chi connectivity index (χ4n) is 2.97. The molecule has 0 bridgehead atoms. The van der Waals surface area contributed by atoms with Crippen LogP contribution in [-0.4, -0.2) is 25.3 Å². The van der Waals surface area contributed by atoms with Gasteiger partial charge in [-0.3, -0.25) is 4.79 Å². The normalized spacial score (nSPS) is 12.4. The lowest BCUT2D eigenvalue weighted by atomic mass is 10.2. The minimum atomic E-state index is -0.502. The van der Waals surface area contributed by atoms with Crippen molar-refractivity contribution in [2.45, 2.75) is 0 Å². The van der Waals surface area contributed by atoms with Crippen molar-refractivity contribution in [3.8, 4) is 11.5 Å². The molecule has 0 saturated heterocycles. The molecule has 4 aromatic rings. The lowest BCUT2D eigenvalue weighted by Gasteiger charge is -2.06. The highest BCUT2D eigenvalue weighted by atomic mass is 32.1. The molecular formula is C20H13NO5S2. The van der Waals surface area contributed by atoms with Gasteiger partial charge in [0.25, 0.3) is 5.91 Å². The quantitative estimate of drug-likeness (QED) is 0.495. The number of rotatable bonds is 4. The van der Waals surface area contributed by atoms with Crippen LogP contribution in [0.3, 0.4) is 0 Å². The first kappa shape index (κ1) is 17.0. The number of amides is 1. The fraction of sp³-hybridized carbons (Fsp3) is 0.100. The topological polar surface area (TPSA) is 73.9 Å². The minimum Gasteiger partial charge on any atom is -0.454 e. The molecule has 0 saturated carbocycles. The Morgan fingerprint density at radius 2 is 1.86 bits per heavy atom. The first-order valence-electron chi connectivity index (χ1n) is 8.45. The molecule has 2 aromatic heterocycles. The highest BCUT2D eigenvalue weighted by molar-refractivity contribution is 7.33. The number of carbonyl (C=O) groups excluding carboxylic acids is 2. The molecule has 140 valence electrons. The summed E-state index contributed by atoms with van der Waals surface area (Å²) in [6.45, 7) is -0.197. The van der Waals surface area contributed by atoms with Crippen LogP contribution in [-0.2, 0) is 9.53 Å². The SMILES string of the molecule is O=C(COC(=O)c1cc2sc3ccccc3c2s1)Nc1ccc2c(c1)OCO2. The van der Waals surface area contributed by atoms with Gasteiger partial charge in [-0.25, -0.2) is 4.79 Å². The molecule has 5 rings (SSSR count). The van der Waals surface area contributed by atoms with Crippen molar-refractivity contribution in [3.63, 3.8) is 0 Å². The van der Waals surface area contributed by atoms with E-state index in [1.807, 2.05) is 24.3 Å². The van der Waals surface area contributed by atoms with E-state index < -0.39 is 11.9 Å². The average molecular weight is 411 g/mol. The lowest BCUT2D eigenvalue weighted by Crippen LogP contribution is -2.20. The van der Waals surface area contributed by atoms with Crippen LogP contribution in [0.5, 0.6) is 11.5 Å². The van der Waals surface area contributed by atoms with Gasteiger partial charge in [0.1, 0.15) is 4.88 Å². The van der Waals surface area contributed by atoms with E-state index in [-0.39, 0.29) is 13.4 Å². The van der Waals surface area contributed by atoms with E-state index in [0.29, 0.717) is 22.1 Å². The Kier molecular flexibility index (Phi) is 4.14. The summed E-state index contributed by atoms with van der Waals surface area (Å²) in [5.41, 5.74) is 0.549. The summed E-state index contributed by atoms with van der Waals surface area (Å²) >= 11 is 3.02. The first-order chi connectivity index (χ1) is 13.7. The van der Waals surface area contributed by atoms with E-state index in [1.165, 1.54) is 16.0 Å². The van der Waals surface area contributed by atoms with Crippen LogP contribution in [0.2, 0.25) is 0 Å². The zero-order valence-electron chi connectivity index (χ0n) is 14.4. The van der Waals surface area contributed by atoms with Gasteiger partial charge in [-0.15, -0.1) is 22.7 Å². The number of thiophene rings is 2. The van der Waals surface area contributed by atoms with E-state index >= 15 is 0 Å². The smallest absolute Gasteiger partial charge is 0.348 e. The van der Waals surface area contributed by atoms with Crippen molar-refractivity contribution in [2.24, 2.45) is 0 Å². The molecule has 1 N–H and O–H groups in total. The highest BCUT2D eigenvalue weighted by Gasteiger charge is 2.18. The maximum absolute atomic E-state index is 12.3. The van der Waals surface area contributed by atoms with E-state index in [0.717, 1.165) is 14.8 Å². The number of hydrogen-bond donors (Lipinski definition) is 1.